The molecule has 0 unspecified atom stereocenters. The van der Waals surface area contributed by atoms with Crippen molar-refractivity contribution >= 4 is 22.5 Å². The van der Waals surface area contributed by atoms with Crippen molar-refractivity contribution in [2.24, 2.45) is 0 Å². The molecule has 1 N–H and O–H groups in total. The lowest BCUT2D eigenvalue weighted by Gasteiger charge is -2.06. The number of nitrogens with one attached hydrogen (secondary N) is 1. The lowest BCUT2D eigenvalue weighted by molar-refractivity contribution is 0.0997. The van der Waals surface area contributed by atoms with Crippen LogP contribution in [-0.2, 0) is 0 Å². The second kappa shape index (κ2) is 6.01. The van der Waals surface area contributed by atoms with E-state index in [2.05, 4.69) is 10.3 Å². The molecule has 2 aromatic carbocycles. The highest BCUT2D eigenvalue weighted by Crippen LogP contribution is 2.25. The first-order valence-electron chi connectivity index (χ1n) is 7.60. The van der Waals surface area contributed by atoms with Gasteiger partial charge in [0.05, 0.1) is 23.7 Å². The molecule has 0 saturated carbocycles. The minimum absolute atomic E-state index is 0.286. The number of aromatic nitrogens is 1. The van der Waals surface area contributed by atoms with E-state index in [-0.39, 0.29) is 11.7 Å². The number of nitrogens with zero attached hydrogens (tertiary/aromatic N) is 1. The molecule has 0 bridgehead atoms. The third-order valence-corrected chi connectivity index (χ3v) is 3.80. The number of hydrogen-bond acceptors (Lipinski definition) is 3. The van der Waals surface area contributed by atoms with Gasteiger partial charge in [-0.25, -0.2) is 0 Å². The number of amides is 1. The average Bonchev–Trinajstić information content (AvgIpc) is 3.12. The number of hydrogen-bond donors (Lipinski definition) is 1. The van der Waals surface area contributed by atoms with Gasteiger partial charge in [0.2, 0.25) is 0 Å². The summed E-state index contributed by atoms with van der Waals surface area (Å²) in [6, 6.07) is 21.1. The van der Waals surface area contributed by atoms with Crippen LogP contribution in [0.15, 0.2) is 83.6 Å². The van der Waals surface area contributed by atoms with Gasteiger partial charge in [-0.3, -0.25) is 9.78 Å². The number of pyridine rings is 1. The smallest absolute Gasteiger partial charge is 0.292 e. The fraction of sp³-hybridized carbons (Fsp3) is 0. The van der Waals surface area contributed by atoms with Crippen LogP contribution in [0.2, 0.25) is 0 Å². The number of carbonyl (C=O) groups excluding carboxylic acids is 1. The summed E-state index contributed by atoms with van der Waals surface area (Å²) in [5, 5.41) is 3.82. The Hall–Kier alpha value is -3.40. The minimum atomic E-state index is -0.295. The standard InChI is InChI=1S/C20H14N2O2/c23-20(19-17(10-11-24-19)14-6-2-1-3-7-14)22-16-12-15-8-4-5-9-18(15)21-13-16/h1-13H,(H,22,23). The Morgan fingerprint density at radius 1 is 0.958 bits per heavy atom. The molecule has 0 radical (unpaired) electrons. The maximum Gasteiger partial charge on any atom is 0.292 e. The quantitative estimate of drug-likeness (QED) is 0.594. The summed E-state index contributed by atoms with van der Waals surface area (Å²) in [6.07, 6.45) is 3.17. The number of furan rings is 1. The van der Waals surface area contributed by atoms with Crippen LogP contribution < -0.4 is 5.32 Å². The zero-order chi connectivity index (χ0) is 16.4. The number of para-hydroxylation sites is 1. The monoisotopic (exact) mass is 314 g/mol. The Bertz CT molecular complexity index is 1010. The molecule has 116 valence electrons. The van der Waals surface area contributed by atoms with Crippen LogP contribution >= 0.6 is 0 Å². The van der Waals surface area contributed by atoms with Gasteiger partial charge >= 0.3 is 0 Å². The first-order chi connectivity index (χ1) is 11.8. The number of benzene rings is 2. The Balaban J connectivity index is 1.64. The molecular formula is C20H14N2O2. The summed E-state index contributed by atoms with van der Waals surface area (Å²) in [4.78, 5) is 16.9. The van der Waals surface area contributed by atoms with E-state index in [9.17, 15) is 4.79 Å². The molecule has 4 rings (SSSR count). The summed E-state index contributed by atoms with van der Waals surface area (Å²) in [6.45, 7) is 0. The second-order valence-corrected chi connectivity index (χ2v) is 5.40. The molecule has 1 amide bonds. The van der Waals surface area contributed by atoms with Crippen LogP contribution in [0.25, 0.3) is 22.0 Å². The molecule has 0 aliphatic carbocycles. The lowest BCUT2D eigenvalue weighted by atomic mass is 10.1. The highest BCUT2D eigenvalue weighted by Gasteiger charge is 2.17. The fourth-order valence-corrected chi connectivity index (χ4v) is 2.66. The highest BCUT2D eigenvalue weighted by atomic mass is 16.3. The van der Waals surface area contributed by atoms with Gasteiger partial charge in [-0.05, 0) is 23.8 Å². The van der Waals surface area contributed by atoms with Gasteiger partial charge in [-0.2, -0.15) is 0 Å². The van der Waals surface area contributed by atoms with Crippen molar-refractivity contribution in [2.75, 3.05) is 5.32 Å². The van der Waals surface area contributed by atoms with Crippen molar-refractivity contribution in [3.05, 3.63) is 85.0 Å². The fourth-order valence-electron chi connectivity index (χ4n) is 2.66. The summed E-state index contributed by atoms with van der Waals surface area (Å²) in [5.41, 5.74) is 3.22. The number of carbonyl (C=O) groups is 1. The largest absolute Gasteiger partial charge is 0.459 e. The van der Waals surface area contributed by atoms with Crippen LogP contribution in [0.5, 0.6) is 0 Å². The Morgan fingerprint density at radius 2 is 1.75 bits per heavy atom. The van der Waals surface area contributed by atoms with Gasteiger partial charge < -0.3 is 9.73 Å². The molecule has 0 atom stereocenters. The van der Waals surface area contributed by atoms with Crippen molar-refractivity contribution in [1.82, 2.24) is 4.98 Å². The van der Waals surface area contributed by atoms with Crippen LogP contribution in [0.1, 0.15) is 10.6 Å². The van der Waals surface area contributed by atoms with Crippen LogP contribution in [0.3, 0.4) is 0 Å². The predicted molar refractivity (Wildman–Crippen MR) is 93.8 cm³/mol. The Kier molecular flexibility index (Phi) is 3.56. The molecule has 0 saturated heterocycles. The molecule has 0 spiro atoms. The summed E-state index contributed by atoms with van der Waals surface area (Å²) < 4.78 is 5.41. The normalized spacial score (nSPS) is 10.7. The SMILES string of the molecule is O=C(Nc1cnc2ccccc2c1)c1occc1-c1ccccc1. The first kappa shape index (κ1) is 14.2. The van der Waals surface area contributed by atoms with Gasteiger partial charge in [0.15, 0.2) is 5.76 Å². The van der Waals surface area contributed by atoms with Crippen LogP contribution in [-0.4, -0.2) is 10.9 Å². The van der Waals surface area contributed by atoms with E-state index in [1.165, 1.54) is 6.26 Å². The minimum Gasteiger partial charge on any atom is -0.459 e. The molecule has 0 aliphatic heterocycles. The summed E-state index contributed by atoms with van der Waals surface area (Å²) in [5.74, 6) is -0.00899. The summed E-state index contributed by atoms with van der Waals surface area (Å²) in [7, 11) is 0. The van der Waals surface area contributed by atoms with E-state index in [4.69, 9.17) is 4.42 Å². The molecule has 4 heteroatoms. The Morgan fingerprint density at radius 3 is 2.62 bits per heavy atom. The van der Waals surface area contributed by atoms with E-state index >= 15 is 0 Å². The third-order valence-electron chi connectivity index (χ3n) is 3.80. The van der Waals surface area contributed by atoms with Crippen molar-refractivity contribution < 1.29 is 9.21 Å². The van der Waals surface area contributed by atoms with E-state index in [1.807, 2.05) is 60.7 Å². The topological polar surface area (TPSA) is 55.1 Å². The number of rotatable bonds is 3. The number of fused-ring (bicyclic) bond motifs is 1. The van der Waals surface area contributed by atoms with E-state index in [1.54, 1.807) is 12.3 Å². The van der Waals surface area contributed by atoms with Gasteiger partial charge in [0.1, 0.15) is 0 Å². The lowest BCUT2D eigenvalue weighted by Crippen LogP contribution is -2.12. The molecule has 2 aromatic heterocycles. The second-order valence-electron chi connectivity index (χ2n) is 5.40. The van der Waals surface area contributed by atoms with Crippen molar-refractivity contribution in [3.8, 4) is 11.1 Å². The maximum atomic E-state index is 12.6. The van der Waals surface area contributed by atoms with E-state index in [0.29, 0.717) is 5.69 Å². The van der Waals surface area contributed by atoms with Crippen LogP contribution in [0, 0.1) is 0 Å². The maximum absolute atomic E-state index is 12.6. The molecule has 2 heterocycles. The van der Waals surface area contributed by atoms with Gasteiger partial charge in [-0.15, -0.1) is 0 Å². The molecule has 4 nitrogen and oxygen atoms in total. The summed E-state index contributed by atoms with van der Waals surface area (Å²) >= 11 is 0. The first-order valence-corrected chi connectivity index (χ1v) is 7.60. The highest BCUT2D eigenvalue weighted by molar-refractivity contribution is 6.07. The van der Waals surface area contributed by atoms with Crippen molar-refractivity contribution in [2.45, 2.75) is 0 Å². The van der Waals surface area contributed by atoms with Gasteiger partial charge in [-0.1, -0.05) is 48.5 Å². The van der Waals surface area contributed by atoms with Crippen LogP contribution in [0.4, 0.5) is 5.69 Å². The molecule has 0 aliphatic rings. The third kappa shape index (κ3) is 2.65. The predicted octanol–water partition coefficient (Wildman–Crippen LogP) is 4.75. The van der Waals surface area contributed by atoms with Gasteiger partial charge in [0, 0.05) is 10.9 Å². The van der Waals surface area contributed by atoms with E-state index in [0.717, 1.165) is 22.0 Å². The van der Waals surface area contributed by atoms with Crippen molar-refractivity contribution in [1.29, 1.82) is 0 Å². The van der Waals surface area contributed by atoms with Crippen molar-refractivity contribution in [3.63, 3.8) is 0 Å². The Labute approximate surface area is 138 Å². The zero-order valence-corrected chi connectivity index (χ0v) is 12.8. The number of anilines is 1. The molecule has 4 aromatic rings. The van der Waals surface area contributed by atoms with Gasteiger partial charge in [0.25, 0.3) is 5.91 Å². The average molecular weight is 314 g/mol. The molecular weight excluding hydrogens is 300 g/mol. The molecule has 0 fully saturated rings. The molecule has 24 heavy (non-hydrogen) atoms. The van der Waals surface area contributed by atoms with E-state index < -0.39 is 0 Å². The zero-order valence-electron chi connectivity index (χ0n) is 12.8.